The third kappa shape index (κ3) is 9.03. The molecule has 2 amide bonds. The Morgan fingerprint density at radius 1 is 1.03 bits per heavy atom. The van der Waals surface area contributed by atoms with Crippen molar-refractivity contribution < 1.29 is 24.0 Å². The van der Waals surface area contributed by atoms with Gasteiger partial charge in [0.25, 0.3) is 5.91 Å². The fourth-order valence-electron chi connectivity index (χ4n) is 4.47. The highest BCUT2D eigenvalue weighted by Crippen LogP contribution is 2.27. The zero-order valence-corrected chi connectivity index (χ0v) is 22.9. The van der Waals surface area contributed by atoms with Crippen LogP contribution in [0.15, 0.2) is 65.2 Å². The van der Waals surface area contributed by atoms with Crippen LogP contribution in [0, 0.1) is 11.3 Å². The van der Waals surface area contributed by atoms with Crippen LogP contribution >= 0.6 is 0 Å². The Morgan fingerprint density at radius 2 is 1.74 bits per heavy atom. The molecule has 3 N–H and O–H groups in total. The number of hydrogen-bond donors (Lipinski definition) is 3. The van der Waals surface area contributed by atoms with Gasteiger partial charge in [-0.15, -0.1) is 0 Å². The van der Waals surface area contributed by atoms with Crippen LogP contribution in [0.2, 0.25) is 0 Å². The van der Waals surface area contributed by atoms with Gasteiger partial charge in [0.1, 0.15) is 23.3 Å². The van der Waals surface area contributed by atoms with Crippen LogP contribution < -0.4 is 15.4 Å². The molecule has 0 fully saturated rings. The van der Waals surface area contributed by atoms with Gasteiger partial charge in [0.2, 0.25) is 5.91 Å². The molecule has 2 aromatic carbocycles. The van der Waals surface area contributed by atoms with Crippen molar-refractivity contribution in [3.05, 3.63) is 72.0 Å². The minimum absolute atomic E-state index is 0.211. The largest absolute Gasteiger partial charge is 0.457 e. The topological polar surface area (TPSA) is 114 Å². The fraction of sp³-hybridized carbons (Fsp3) is 0.433. The minimum Gasteiger partial charge on any atom is -0.457 e. The van der Waals surface area contributed by atoms with Gasteiger partial charge in [-0.1, -0.05) is 76.5 Å². The van der Waals surface area contributed by atoms with E-state index in [1.54, 1.807) is 30.3 Å². The minimum atomic E-state index is -1.47. The van der Waals surface area contributed by atoms with E-state index in [9.17, 15) is 14.7 Å². The van der Waals surface area contributed by atoms with Crippen LogP contribution in [0.5, 0.6) is 11.5 Å². The number of carbonyl (C=O) groups is 2. The van der Waals surface area contributed by atoms with E-state index < -0.39 is 24.0 Å². The van der Waals surface area contributed by atoms with Crippen LogP contribution in [-0.2, 0) is 16.0 Å². The summed E-state index contributed by atoms with van der Waals surface area (Å²) in [6.07, 6.45) is 1.33. The van der Waals surface area contributed by atoms with Crippen molar-refractivity contribution in [1.29, 1.82) is 0 Å². The van der Waals surface area contributed by atoms with E-state index >= 15 is 0 Å². The van der Waals surface area contributed by atoms with E-state index in [0.717, 1.165) is 6.42 Å². The number of para-hydroxylation sites is 1. The van der Waals surface area contributed by atoms with E-state index in [2.05, 4.69) is 43.5 Å². The molecular formula is C30H39N3O5. The number of carbonyl (C=O) groups excluding carboxylic acids is 2. The smallest absolute Gasteiger partial charge is 0.254 e. The summed E-state index contributed by atoms with van der Waals surface area (Å²) in [6, 6.07) is 16.8. The van der Waals surface area contributed by atoms with Gasteiger partial charge in [-0.2, -0.15) is 0 Å². The normalized spacial score (nSPS) is 13.8. The Bertz CT molecular complexity index is 1190. The highest BCUT2D eigenvalue weighted by molar-refractivity contribution is 5.97. The second kappa shape index (κ2) is 13.2. The Labute approximate surface area is 224 Å². The van der Waals surface area contributed by atoms with Crippen molar-refractivity contribution in [2.24, 2.45) is 11.3 Å². The van der Waals surface area contributed by atoms with Crippen molar-refractivity contribution in [3.8, 4) is 11.5 Å². The summed E-state index contributed by atoms with van der Waals surface area (Å²) < 4.78 is 11.2. The maximum atomic E-state index is 13.0. The highest BCUT2D eigenvalue weighted by Gasteiger charge is 2.26. The number of ether oxygens (including phenoxy) is 1. The molecular weight excluding hydrogens is 482 g/mol. The second-order valence-corrected chi connectivity index (χ2v) is 11.0. The molecule has 0 spiro atoms. The number of hydrogen-bond acceptors (Lipinski definition) is 6. The number of aliphatic hydroxyl groups is 1. The molecule has 0 radical (unpaired) electrons. The zero-order valence-electron chi connectivity index (χ0n) is 22.9. The molecule has 38 heavy (non-hydrogen) atoms. The van der Waals surface area contributed by atoms with Gasteiger partial charge in [0.05, 0.1) is 0 Å². The van der Waals surface area contributed by atoms with E-state index in [1.165, 1.54) is 0 Å². The third-order valence-corrected chi connectivity index (χ3v) is 5.93. The van der Waals surface area contributed by atoms with E-state index in [1.807, 2.05) is 37.3 Å². The number of nitrogens with one attached hydrogen (secondary N) is 2. The van der Waals surface area contributed by atoms with Crippen LogP contribution in [0.1, 0.15) is 71.3 Å². The second-order valence-electron chi connectivity index (χ2n) is 11.0. The summed E-state index contributed by atoms with van der Waals surface area (Å²) in [6.45, 7) is 10.7. The summed E-state index contributed by atoms with van der Waals surface area (Å²) in [5.41, 5.74) is 0.570. The van der Waals surface area contributed by atoms with Gasteiger partial charge < -0.3 is 25.0 Å². The Kier molecular flexibility index (Phi) is 10.1. The molecule has 3 atom stereocenters. The fourth-order valence-corrected chi connectivity index (χ4v) is 4.47. The van der Waals surface area contributed by atoms with Crippen LogP contribution in [0.4, 0.5) is 5.82 Å². The summed E-state index contributed by atoms with van der Waals surface area (Å²) in [5, 5.41) is 20.1. The molecule has 1 heterocycles. The Morgan fingerprint density at radius 3 is 2.42 bits per heavy atom. The molecule has 3 aromatic rings. The lowest BCUT2D eigenvalue weighted by Gasteiger charge is -2.22. The first-order valence-corrected chi connectivity index (χ1v) is 13.1. The molecule has 8 nitrogen and oxygen atoms in total. The van der Waals surface area contributed by atoms with Crippen molar-refractivity contribution in [2.45, 2.75) is 72.4 Å². The van der Waals surface area contributed by atoms with Gasteiger partial charge in [0, 0.05) is 12.5 Å². The maximum Gasteiger partial charge on any atom is 0.254 e. The van der Waals surface area contributed by atoms with Gasteiger partial charge in [-0.3, -0.25) is 9.59 Å². The molecule has 0 saturated carbocycles. The number of amides is 2. The van der Waals surface area contributed by atoms with Crippen LogP contribution in [0.3, 0.4) is 0 Å². The SMILES string of the molecule is CCCC(NC(=O)C(O)c1cccc(Oc2ccccc2)c1)C(=O)Nc1cc(CC(C)CC(C)(C)C)on1. The summed E-state index contributed by atoms with van der Waals surface area (Å²) >= 11 is 0. The molecule has 0 aliphatic rings. The quantitative estimate of drug-likeness (QED) is 0.268. The average Bonchev–Trinajstić information content (AvgIpc) is 3.29. The van der Waals surface area contributed by atoms with Crippen molar-refractivity contribution in [3.63, 3.8) is 0 Å². The first kappa shape index (κ1) is 28.9. The molecule has 0 aliphatic heterocycles. The predicted molar refractivity (Wildman–Crippen MR) is 147 cm³/mol. The van der Waals surface area contributed by atoms with E-state index in [-0.39, 0.29) is 5.41 Å². The summed E-state index contributed by atoms with van der Waals surface area (Å²) in [5.74, 6) is 1.43. The van der Waals surface area contributed by atoms with Crippen LogP contribution in [0.25, 0.3) is 0 Å². The lowest BCUT2D eigenvalue weighted by molar-refractivity contribution is -0.133. The molecule has 0 aliphatic carbocycles. The van der Waals surface area contributed by atoms with Crippen molar-refractivity contribution in [1.82, 2.24) is 10.5 Å². The number of anilines is 1. The van der Waals surface area contributed by atoms with Gasteiger partial charge in [0.15, 0.2) is 11.9 Å². The molecule has 1 aromatic heterocycles. The summed E-state index contributed by atoms with van der Waals surface area (Å²) in [4.78, 5) is 25.8. The Hall–Kier alpha value is -3.65. The van der Waals surface area contributed by atoms with Gasteiger partial charge in [-0.05, 0) is 54.0 Å². The highest BCUT2D eigenvalue weighted by atomic mass is 16.5. The first-order valence-electron chi connectivity index (χ1n) is 13.1. The van der Waals surface area contributed by atoms with Crippen molar-refractivity contribution >= 4 is 17.6 Å². The van der Waals surface area contributed by atoms with Gasteiger partial charge >= 0.3 is 0 Å². The lowest BCUT2D eigenvalue weighted by Crippen LogP contribution is -2.45. The van der Waals surface area contributed by atoms with E-state index in [0.29, 0.717) is 53.8 Å². The lowest BCUT2D eigenvalue weighted by atomic mass is 9.84. The Balaban J connectivity index is 1.60. The van der Waals surface area contributed by atoms with Gasteiger partial charge in [-0.25, -0.2) is 0 Å². The number of aromatic nitrogens is 1. The maximum absolute atomic E-state index is 13.0. The molecule has 0 bridgehead atoms. The van der Waals surface area contributed by atoms with Crippen LogP contribution in [-0.4, -0.2) is 28.1 Å². The molecule has 204 valence electrons. The monoisotopic (exact) mass is 521 g/mol. The third-order valence-electron chi connectivity index (χ3n) is 5.93. The number of benzene rings is 2. The molecule has 3 unspecified atom stereocenters. The predicted octanol–water partition coefficient (Wildman–Crippen LogP) is 6.04. The average molecular weight is 522 g/mol. The summed E-state index contributed by atoms with van der Waals surface area (Å²) in [7, 11) is 0. The zero-order chi connectivity index (χ0) is 27.7. The molecule has 0 saturated heterocycles. The number of rotatable bonds is 12. The number of aliphatic hydroxyl groups excluding tert-OH is 1. The molecule has 3 rings (SSSR count). The van der Waals surface area contributed by atoms with Crippen molar-refractivity contribution in [2.75, 3.05) is 5.32 Å². The van der Waals surface area contributed by atoms with E-state index in [4.69, 9.17) is 9.26 Å². The standard InChI is InChI=1S/C30H39N3O5/c1-6-11-25(28(35)32-26-18-24(38-33-26)16-20(2)19-30(3,4)5)31-29(36)27(34)21-12-10-15-23(17-21)37-22-13-8-7-9-14-22/h7-10,12-15,17-18,20,25,27,34H,6,11,16,19H2,1-5H3,(H,31,36)(H,32,33,35). The molecule has 8 heteroatoms. The number of nitrogens with zero attached hydrogens (tertiary/aromatic N) is 1. The first-order chi connectivity index (χ1) is 18.0.